The van der Waals surface area contributed by atoms with Crippen LogP contribution < -0.4 is 10.1 Å². The van der Waals surface area contributed by atoms with Crippen LogP contribution in [0.2, 0.25) is 0 Å². The van der Waals surface area contributed by atoms with Gasteiger partial charge in [-0.3, -0.25) is 0 Å². The molecule has 2 aliphatic heterocycles. The minimum Gasteiger partial charge on any atom is -0.493 e. The van der Waals surface area contributed by atoms with Crippen molar-refractivity contribution in [2.75, 3.05) is 19.4 Å². The van der Waals surface area contributed by atoms with Gasteiger partial charge >= 0.3 is 0 Å². The first-order valence-corrected chi connectivity index (χ1v) is 7.78. The van der Waals surface area contributed by atoms with Gasteiger partial charge in [-0.25, -0.2) is 0 Å². The zero-order chi connectivity index (χ0) is 12.6. The number of hydrogen-bond acceptors (Lipinski definition) is 3. The normalized spacial score (nSPS) is 27.9. The van der Waals surface area contributed by atoms with E-state index in [4.69, 9.17) is 4.74 Å². The molecule has 18 heavy (non-hydrogen) atoms. The summed E-state index contributed by atoms with van der Waals surface area (Å²) in [6, 6.07) is 7.16. The summed E-state index contributed by atoms with van der Waals surface area (Å²) in [7, 11) is 2.08. The summed E-state index contributed by atoms with van der Waals surface area (Å²) in [6.45, 7) is 3.24. The monoisotopic (exact) mass is 263 g/mol. The van der Waals surface area contributed by atoms with Crippen molar-refractivity contribution in [3.63, 3.8) is 0 Å². The van der Waals surface area contributed by atoms with E-state index in [0.29, 0.717) is 10.8 Å². The van der Waals surface area contributed by atoms with E-state index in [2.05, 4.69) is 49.2 Å². The van der Waals surface area contributed by atoms with Gasteiger partial charge in [-0.2, -0.15) is 11.8 Å². The summed E-state index contributed by atoms with van der Waals surface area (Å²) in [6.07, 6.45) is 3.70. The minimum absolute atomic E-state index is 0.336. The molecule has 2 heterocycles. The number of fused-ring (bicyclic) bond motifs is 1. The lowest BCUT2D eigenvalue weighted by molar-refractivity contribution is 0.356. The third kappa shape index (κ3) is 2.04. The first-order chi connectivity index (χ1) is 8.73. The number of thioether (sulfide) groups is 1. The summed E-state index contributed by atoms with van der Waals surface area (Å²) in [4.78, 5) is 0. The Hall–Kier alpha value is -0.670. The summed E-state index contributed by atoms with van der Waals surface area (Å²) < 4.78 is 5.93. The van der Waals surface area contributed by atoms with Gasteiger partial charge in [0.1, 0.15) is 5.75 Å². The van der Waals surface area contributed by atoms with Crippen molar-refractivity contribution in [3.8, 4) is 5.75 Å². The van der Waals surface area contributed by atoms with Gasteiger partial charge < -0.3 is 10.1 Å². The molecule has 3 rings (SSSR count). The van der Waals surface area contributed by atoms with Gasteiger partial charge in [-0.05, 0) is 49.8 Å². The smallest absolute Gasteiger partial charge is 0.122 e. The highest BCUT2D eigenvalue weighted by Crippen LogP contribution is 2.47. The SMILES string of the molecule is CNC(c1ccc2c(c1)CCO2)C1(C)CCCS1. The lowest BCUT2D eigenvalue weighted by Crippen LogP contribution is -2.35. The van der Waals surface area contributed by atoms with E-state index >= 15 is 0 Å². The Balaban J connectivity index is 1.92. The number of hydrogen-bond donors (Lipinski definition) is 1. The fourth-order valence-electron chi connectivity index (χ4n) is 3.24. The molecule has 98 valence electrons. The molecule has 1 aromatic carbocycles. The number of rotatable bonds is 3. The fraction of sp³-hybridized carbons (Fsp3) is 0.600. The maximum absolute atomic E-state index is 5.59. The second kappa shape index (κ2) is 4.78. The zero-order valence-corrected chi connectivity index (χ0v) is 12.0. The van der Waals surface area contributed by atoms with Gasteiger partial charge in [0.15, 0.2) is 0 Å². The van der Waals surface area contributed by atoms with E-state index in [1.54, 1.807) is 0 Å². The molecule has 0 saturated carbocycles. The molecule has 0 aromatic heterocycles. The van der Waals surface area contributed by atoms with Crippen LogP contribution in [-0.4, -0.2) is 24.2 Å². The molecule has 0 spiro atoms. The standard InChI is InChI=1S/C15H21NOS/c1-15(7-3-9-18-15)14(16-2)12-4-5-13-11(10-12)6-8-17-13/h4-5,10,14,16H,3,6-9H2,1-2H3. The molecular formula is C15H21NOS. The van der Waals surface area contributed by atoms with E-state index < -0.39 is 0 Å². The van der Waals surface area contributed by atoms with Crippen molar-refractivity contribution >= 4 is 11.8 Å². The van der Waals surface area contributed by atoms with Crippen LogP contribution >= 0.6 is 11.8 Å². The Bertz CT molecular complexity index is 440. The second-order valence-corrected chi connectivity index (χ2v) is 7.08. The number of nitrogens with one attached hydrogen (secondary N) is 1. The van der Waals surface area contributed by atoms with Crippen LogP contribution in [0.5, 0.6) is 5.75 Å². The molecule has 0 radical (unpaired) electrons. The van der Waals surface area contributed by atoms with Gasteiger partial charge in [0.2, 0.25) is 0 Å². The Morgan fingerprint density at radius 3 is 3.06 bits per heavy atom. The second-order valence-electron chi connectivity index (χ2n) is 5.45. The summed E-state index contributed by atoms with van der Waals surface area (Å²) >= 11 is 2.11. The quantitative estimate of drug-likeness (QED) is 0.905. The van der Waals surface area contributed by atoms with Crippen LogP contribution in [0.25, 0.3) is 0 Å². The maximum atomic E-state index is 5.59. The van der Waals surface area contributed by atoms with E-state index in [-0.39, 0.29) is 0 Å². The summed E-state index contributed by atoms with van der Waals surface area (Å²) in [5.74, 6) is 2.38. The van der Waals surface area contributed by atoms with E-state index in [1.807, 2.05) is 0 Å². The molecule has 1 aromatic rings. The third-order valence-electron chi connectivity index (χ3n) is 4.20. The van der Waals surface area contributed by atoms with Gasteiger partial charge in [-0.1, -0.05) is 12.1 Å². The molecule has 0 amide bonds. The fourth-order valence-corrected chi connectivity index (χ4v) is 4.70. The largest absolute Gasteiger partial charge is 0.493 e. The minimum atomic E-state index is 0.336. The molecule has 1 saturated heterocycles. The molecule has 3 heteroatoms. The van der Waals surface area contributed by atoms with Crippen molar-refractivity contribution in [2.24, 2.45) is 0 Å². The Morgan fingerprint density at radius 1 is 1.44 bits per heavy atom. The van der Waals surface area contributed by atoms with Crippen LogP contribution in [0.15, 0.2) is 18.2 Å². The lowest BCUT2D eigenvalue weighted by Gasteiger charge is -2.33. The molecule has 0 bridgehead atoms. The molecule has 2 nitrogen and oxygen atoms in total. The highest BCUT2D eigenvalue weighted by molar-refractivity contribution is 8.00. The van der Waals surface area contributed by atoms with Crippen LogP contribution in [0.1, 0.15) is 36.9 Å². The zero-order valence-electron chi connectivity index (χ0n) is 11.2. The van der Waals surface area contributed by atoms with Crippen LogP contribution in [-0.2, 0) is 6.42 Å². The van der Waals surface area contributed by atoms with Crippen molar-refractivity contribution in [2.45, 2.75) is 37.0 Å². The number of ether oxygens (including phenoxy) is 1. The van der Waals surface area contributed by atoms with Crippen molar-refractivity contribution < 1.29 is 4.74 Å². The first kappa shape index (κ1) is 12.4. The van der Waals surface area contributed by atoms with E-state index in [9.17, 15) is 0 Å². The first-order valence-electron chi connectivity index (χ1n) is 6.80. The molecule has 1 fully saturated rings. The highest BCUT2D eigenvalue weighted by Gasteiger charge is 2.38. The average molecular weight is 263 g/mol. The van der Waals surface area contributed by atoms with Crippen LogP contribution in [0, 0.1) is 0 Å². The van der Waals surface area contributed by atoms with Crippen molar-refractivity contribution in [1.29, 1.82) is 0 Å². The van der Waals surface area contributed by atoms with E-state index in [1.165, 1.54) is 29.7 Å². The molecule has 2 atom stereocenters. The molecule has 1 N–H and O–H groups in total. The van der Waals surface area contributed by atoms with Crippen molar-refractivity contribution in [1.82, 2.24) is 5.32 Å². The molecule has 2 unspecified atom stereocenters. The van der Waals surface area contributed by atoms with Gasteiger partial charge in [0.25, 0.3) is 0 Å². The average Bonchev–Trinajstić information content (AvgIpc) is 2.98. The summed E-state index contributed by atoms with van der Waals surface area (Å²) in [5.41, 5.74) is 2.79. The van der Waals surface area contributed by atoms with E-state index in [0.717, 1.165) is 18.8 Å². The van der Waals surface area contributed by atoms with Gasteiger partial charge in [-0.15, -0.1) is 0 Å². The molecule has 0 aliphatic carbocycles. The predicted octanol–water partition coefficient (Wildman–Crippen LogP) is 3.17. The number of benzene rings is 1. The van der Waals surface area contributed by atoms with Crippen LogP contribution in [0.3, 0.4) is 0 Å². The summed E-state index contributed by atoms with van der Waals surface area (Å²) in [5, 5.41) is 3.53. The highest BCUT2D eigenvalue weighted by atomic mass is 32.2. The topological polar surface area (TPSA) is 21.3 Å². The van der Waals surface area contributed by atoms with Gasteiger partial charge in [0, 0.05) is 17.2 Å². The van der Waals surface area contributed by atoms with Crippen molar-refractivity contribution in [3.05, 3.63) is 29.3 Å². The third-order valence-corrected chi connectivity index (χ3v) is 5.79. The Kier molecular flexibility index (Phi) is 3.29. The van der Waals surface area contributed by atoms with Gasteiger partial charge in [0.05, 0.1) is 6.61 Å². The van der Waals surface area contributed by atoms with Crippen LogP contribution in [0.4, 0.5) is 0 Å². The Labute approximate surface area is 113 Å². The lowest BCUT2D eigenvalue weighted by atomic mass is 9.89. The Morgan fingerprint density at radius 2 is 2.33 bits per heavy atom. The molecular weight excluding hydrogens is 242 g/mol. The maximum Gasteiger partial charge on any atom is 0.122 e. The molecule has 2 aliphatic rings. The predicted molar refractivity (Wildman–Crippen MR) is 77.5 cm³/mol.